The lowest BCUT2D eigenvalue weighted by Gasteiger charge is -2.22. The minimum absolute atomic E-state index is 0.156. The van der Waals surface area contributed by atoms with Gasteiger partial charge in [0, 0.05) is 12.2 Å². The third-order valence-corrected chi connectivity index (χ3v) is 5.63. The van der Waals surface area contributed by atoms with E-state index in [9.17, 15) is 18.8 Å². The zero-order valence-electron chi connectivity index (χ0n) is 18.8. The Hall–Kier alpha value is -4.20. The molecule has 1 fully saturated rings. The van der Waals surface area contributed by atoms with Crippen molar-refractivity contribution in [3.05, 3.63) is 89.7 Å². The molecule has 1 unspecified atom stereocenters. The average Bonchev–Trinajstić information content (AvgIpc) is 3.05. The molecule has 0 radical (unpaired) electrons. The van der Waals surface area contributed by atoms with Crippen molar-refractivity contribution in [1.29, 1.82) is 0 Å². The van der Waals surface area contributed by atoms with Crippen LogP contribution in [-0.4, -0.2) is 35.9 Å². The SMILES string of the molecule is COc1ccc(NC(=O)CC2C(=O)N(c3ccc(F)cc3)C(=O)N2Cc2ccc(C)cc2)cc1. The highest BCUT2D eigenvalue weighted by atomic mass is 19.1. The van der Waals surface area contributed by atoms with Gasteiger partial charge in [-0.3, -0.25) is 9.59 Å². The first kappa shape index (κ1) is 23.0. The second-order valence-corrected chi connectivity index (χ2v) is 8.04. The molecule has 1 aliphatic heterocycles. The van der Waals surface area contributed by atoms with Crippen molar-refractivity contribution in [1.82, 2.24) is 4.90 Å². The monoisotopic (exact) mass is 461 g/mol. The fourth-order valence-electron chi connectivity index (χ4n) is 3.79. The van der Waals surface area contributed by atoms with E-state index in [1.54, 1.807) is 31.4 Å². The van der Waals surface area contributed by atoms with Crippen LogP contribution in [0.4, 0.5) is 20.6 Å². The maximum Gasteiger partial charge on any atom is 0.332 e. The van der Waals surface area contributed by atoms with Crippen molar-refractivity contribution in [2.24, 2.45) is 0 Å². The topological polar surface area (TPSA) is 79.0 Å². The summed E-state index contributed by atoms with van der Waals surface area (Å²) in [4.78, 5) is 41.8. The predicted octanol–water partition coefficient (Wildman–Crippen LogP) is 4.51. The van der Waals surface area contributed by atoms with Crippen LogP contribution in [-0.2, 0) is 16.1 Å². The Morgan fingerprint density at radius 3 is 2.24 bits per heavy atom. The number of anilines is 2. The Labute approximate surface area is 196 Å². The third-order valence-electron chi connectivity index (χ3n) is 5.63. The predicted molar refractivity (Wildman–Crippen MR) is 126 cm³/mol. The number of carbonyl (C=O) groups excluding carboxylic acids is 3. The van der Waals surface area contributed by atoms with Gasteiger partial charge in [0.1, 0.15) is 17.6 Å². The molecule has 1 atom stereocenters. The Bertz CT molecular complexity index is 1190. The quantitative estimate of drug-likeness (QED) is 0.525. The molecule has 0 saturated carbocycles. The fourth-order valence-corrected chi connectivity index (χ4v) is 3.79. The van der Waals surface area contributed by atoms with E-state index in [0.29, 0.717) is 11.4 Å². The Morgan fingerprint density at radius 1 is 0.971 bits per heavy atom. The van der Waals surface area contributed by atoms with Gasteiger partial charge >= 0.3 is 6.03 Å². The molecular formula is C26H24FN3O4. The molecule has 1 N–H and O–H groups in total. The minimum Gasteiger partial charge on any atom is -0.497 e. The normalized spacial score (nSPS) is 15.6. The van der Waals surface area contributed by atoms with E-state index in [4.69, 9.17) is 4.74 Å². The summed E-state index contributed by atoms with van der Waals surface area (Å²) in [5.74, 6) is -0.775. The van der Waals surface area contributed by atoms with Crippen LogP contribution in [0, 0.1) is 12.7 Å². The molecule has 3 aromatic carbocycles. The molecule has 1 saturated heterocycles. The molecule has 7 nitrogen and oxygen atoms in total. The van der Waals surface area contributed by atoms with E-state index < -0.39 is 29.7 Å². The summed E-state index contributed by atoms with van der Waals surface area (Å²) in [6.45, 7) is 2.11. The molecule has 8 heteroatoms. The van der Waals surface area contributed by atoms with Crippen molar-refractivity contribution in [3.63, 3.8) is 0 Å². The average molecular weight is 461 g/mol. The minimum atomic E-state index is -1.00. The lowest BCUT2D eigenvalue weighted by atomic mass is 10.1. The lowest BCUT2D eigenvalue weighted by Crippen LogP contribution is -2.37. The molecule has 0 aromatic heterocycles. The zero-order valence-corrected chi connectivity index (χ0v) is 18.8. The van der Waals surface area contributed by atoms with Crippen LogP contribution < -0.4 is 15.0 Å². The van der Waals surface area contributed by atoms with Gasteiger partial charge in [-0.25, -0.2) is 14.1 Å². The summed E-state index contributed by atoms with van der Waals surface area (Å²) >= 11 is 0. The zero-order chi connectivity index (χ0) is 24.2. The van der Waals surface area contributed by atoms with Gasteiger partial charge in [-0.2, -0.15) is 0 Å². The van der Waals surface area contributed by atoms with Gasteiger partial charge in [0.15, 0.2) is 0 Å². The van der Waals surface area contributed by atoms with Crippen LogP contribution in [0.25, 0.3) is 0 Å². The Morgan fingerprint density at radius 2 is 1.62 bits per heavy atom. The van der Waals surface area contributed by atoms with Gasteiger partial charge in [-0.05, 0) is 61.0 Å². The number of nitrogens with one attached hydrogen (secondary N) is 1. The van der Waals surface area contributed by atoms with E-state index in [2.05, 4.69) is 5.32 Å². The second-order valence-electron chi connectivity index (χ2n) is 8.04. The summed E-state index contributed by atoms with van der Waals surface area (Å²) in [5, 5.41) is 2.76. The van der Waals surface area contributed by atoms with Crippen molar-refractivity contribution in [2.75, 3.05) is 17.3 Å². The van der Waals surface area contributed by atoms with Gasteiger partial charge in [0.2, 0.25) is 5.91 Å². The van der Waals surface area contributed by atoms with Crippen LogP contribution in [0.2, 0.25) is 0 Å². The molecule has 0 bridgehead atoms. The van der Waals surface area contributed by atoms with Crippen LogP contribution in [0.15, 0.2) is 72.8 Å². The van der Waals surface area contributed by atoms with Crippen molar-refractivity contribution >= 4 is 29.2 Å². The molecule has 4 rings (SSSR count). The number of hydrogen-bond acceptors (Lipinski definition) is 4. The summed E-state index contributed by atoms with van der Waals surface area (Å²) < 4.78 is 18.5. The maximum absolute atomic E-state index is 13.4. The van der Waals surface area contributed by atoms with E-state index in [-0.39, 0.29) is 18.7 Å². The van der Waals surface area contributed by atoms with Gasteiger partial charge in [0.05, 0.1) is 19.2 Å². The van der Waals surface area contributed by atoms with Crippen LogP contribution >= 0.6 is 0 Å². The molecule has 1 heterocycles. The number of methoxy groups -OCH3 is 1. The standard InChI is InChI=1S/C26H24FN3O4/c1-17-3-5-18(6-4-17)16-29-23(15-24(31)28-20-9-13-22(34-2)14-10-20)25(32)30(26(29)33)21-11-7-19(27)8-12-21/h3-14,23H,15-16H2,1-2H3,(H,28,31). The van der Waals surface area contributed by atoms with Gasteiger partial charge < -0.3 is 15.0 Å². The molecule has 1 aliphatic rings. The van der Waals surface area contributed by atoms with E-state index in [0.717, 1.165) is 16.0 Å². The first-order valence-corrected chi connectivity index (χ1v) is 10.8. The number of aryl methyl sites for hydroxylation is 1. The number of ether oxygens (including phenoxy) is 1. The highest BCUT2D eigenvalue weighted by Gasteiger charge is 2.46. The third kappa shape index (κ3) is 4.91. The van der Waals surface area contributed by atoms with E-state index in [1.807, 2.05) is 31.2 Å². The van der Waals surface area contributed by atoms with Crippen LogP contribution in [0.3, 0.4) is 0 Å². The number of rotatable bonds is 7. The van der Waals surface area contributed by atoms with Gasteiger partial charge in [0.25, 0.3) is 5.91 Å². The van der Waals surface area contributed by atoms with Gasteiger partial charge in [-0.15, -0.1) is 0 Å². The summed E-state index contributed by atoms with van der Waals surface area (Å²) in [6.07, 6.45) is -0.222. The summed E-state index contributed by atoms with van der Waals surface area (Å²) in [7, 11) is 1.55. The molecule has 3 aromatic rings. The smallest absolute Gasteiger partial charge is 0.332 e. The maximum atomic E-state index is 13.4. The summed E-state index contributed by atoms with van der Waals surface area (Å²) in [6, 6.07) is 17.9. The van der Waals surface area contributed by atoms with Crippen molar-refractivity contribution in [2.45, 2.75) is 25.9 Å². The summed E-state index contributed by atoms with van der Waals surface area (Å²) in [5.41, 5.74) is 2.69. The lowest BCUT2D eigenvalue weighted by molar-refractivity contribution is -0.124. The molecule has 0 spiro atoms. The molecule has 0 aliphatic carbocycles. The first-order chi connectivity index (χ1) is 16.4. The highest BCUT2D eigenvalue weighted by molar-refractivity contribution is 6.22. The Balaban J connectivity index is 1.58. The number of carbonyl (C=O) groups is 3. The largest absolute Gasteiger partial charge is 0.497 e. The number of urea groups is 1. The highest BCUT2D eigenvalue weighted by Crippen LogP contribution is 2.29. The number of imide groups is 1. The van der Waals surface area contributed by atoms with E-state index in [1.165, 1.54) is 29.2 Å². The number of halogens is 1. The molecule has 34 heavy (non-hydrogen) atoms. The van der Waals surface area contributed by atoms with Crippen molar-refractivity contribution < 1.29 is 23.5 Å². The van der Waals surface area contributed by atoms with Gasteiger partial charge in [-0.1, -0.05) is 29.8 Å². The first-order valence-electron chi connectivity index (χ1n) is 10.8. The number of benzene rings is 3. The number of amides is 4. The van der Waals surface area contributed by atoms with Crippen molar-refractivity contribution in [3.8, 4) is 5.75 Å². The number of hydrogen-bond donors (Lipinski definition) is 1. The molecule has 174 valence electrons. The van der Waals surface area contributed by atoms with E-state index >= 15 is 0 Å². The second kappa shape index (κ2) is 9.74. The fraction of sp³-hybridized carbons (Fsp3) is 0.192. The Kier molecular flexibility index (Phi) is 6.58. The molecule has 4 amide bonds. The van der Waals surface area contributed by atoms with Crippen LogP contribution in [0.1, 0.15) is 17.5 Å². The van der Waals surface area contributed by atoms with Crippen LogP contribution in [0.5, 0.6) is 5.75 Å². The number of nitrogens with zero attached hydrogens (tertiary/aromatic N) is 2. The molecular weight excluding hydrogens is 437 g/mol.